The van der Waals surface area contributed by atoms with E-state index in [-0.39, 0.29) is 24.6 Å². The minimum absolute atomic E-state index is 0. The Morgan fingerprint density at radius 2 is 1.65 bits per heavy atom. The number of para-hydroxylation sites is 2. The predicted molar refractivity (Wildman–Crippen MR) is 64.3 cm³/mol. The van der Waals surface area contributed by atoms with Crippen LogP contribution in [-0.4, -0.2) is 6.21 Å². The maximum atomic E-state index is 11.4. The molecule has 0 saturated heterocycles. The first-order valence-electron chi connectivity index (χ1n) is 5.13. The van der Waals surface area contributed by atoms with Gasteiger partial charge < -0.3 is 5.11 Å². The van der Waals surface area contributed by atoms with Gasteiger partial charge in [0, 0.05) is 6.21 Å². The molecule has 0 radical (unpaired) electrons. The molecule has 0 saturated carbocycles. The molecule has 0 unspecified atom stereocenters. The van der Waals surface area contributed by atoms with E-state index in [0.717, 1.165) is 11.3 Å². The van der Waals surface area contributed by atoms with Crippen LogP contribution in [0.5, 0.6) is 5.75 Å². The summed E-state index contributed by atoms with van der Waals surface area (Å²) in [6.45, 7) is 2.00. The second-order valence-electron chi connectivity index (χ2n) is 3.58. The Balaban J connectivity index is 0.00000144. The number of rotatable bonds is 2. The molecule has 17 heavy (non-hydrogen) atoms. The summed E-state index contributed by atoms with van der Waals surface area (Å²) in [7, 11) is 0. The van der Waals surface area contributed by atoms with Crippen molar-refractivity contribution in [2.45, 2.75) is 6.92 Å². The van der Waals surface area contributed by atoms with Gasteiger partial charge >= 0.3 is 18.9 Å². The quantitative estimate of drug-likeness (QED) is 0.508. The van der Waals surface area contributed by atoms with Gasteiger partial charge in [-0.3, -0.25) is 4.99 Å². The van der Waals surface area contributed by atoms with Crippen LogP contribution >= 0.6 is 0 Å². The Morgan fingerprint density at radius 1 is 1.00 bits per heavy atom. The van der Waals surface area contributed by atoms with Crippen LogP contribution in [0.15, 0.2) is 53.5 Å². The number of aryl methyl sites for hydroxylation is 1. The van der Waals surface area contributed by atoms with Gasteiger partial charge in [-0.25, -0.2) is 0 Å². The summed E-state index contributed by atoms with van der Waals surface area (Å²) in [6, 6.07) is 14.7. The number of aliphatic imine (C=N–C) groups is 1. The summed E-state index contributed by atoms with van der Waals surface area (Å²) < 4.78 is 0. The topological polar surface area (TPSA) is 35.4 Å². The van der Waals surface area contributed by atoms with Crippen molar-refractivity contribution in [2.75, 3.05) is 0 Å². The van der Waals surface area contributed by atoms with Crippen LogP contribution < -0.4 is 24.0 Å². The maximum Gasteiger partial charge on any atom is 1.00 e. The fourth-order valence-electron chi connectivity index (χ4n) is 1.43. The van der Waals surface area contributed by atoms with Crippen LogP contribution in [0.1, 0.15) is 11.1 Å². The molecule has 0 amide bonds. The fourth-order valence-corrected chi connectivity index (χ4v) is 1.43. The van der Waals surface area contributed by atoms with Gasteiger partial charge in [-0.2, -0.15) is 0 Å². The SMILES string of the molecule is Cc1ccccc1N=Cc1ccccc1[O-].[Li+]. The molecular formula is C14H12LiNO. The summed E-state index contributed by atoms with van der Waals surface area (Å²) in [6.07, 6.45) is 1.62. The van der Waals surface area contributed by atoms with Crippen LogP contribution in [0.2, 0.25) is 0 Å². The van der Waals surface area contributed by atoms with E-state index in [4.69, 9.17) is 0 Å². The summed E-state index contributed by atoms with van der Waals surface area (Å²) in [4.78, 5) is 4.31. The molecule has 0 bridgehead atoms. The van der Waals surface area contributed by atoms with Crippen molar-refractivity contribution >= 4 is 11.9 Å². The van der Waals surface area contributed by atoms with Gasteiger partial charge in [0.2, 0.25) is 0 Å². The monoisotopic (exact) mass is 217 g/mol. The number of benzene rings is 2. The second kappa shape index (κ2) is 6.29. The molecule has 2 rings (SSSR count). The first-order valence-corrected chi connectivity index (χ1v) is 5.13. The molecule has 80 valence electrons. The maximum absolute atomic E-state index is 11.4. The van der Waals surface area contributed by atoms with Crippen LogP contribution in [0.25, 0.3) is 0 Å². The van der Waals surface area contributed by atoms with E-state index in [2.05, 4.69) is 4.99 Å². The Kier molecular flexibility index (Phi) is 5.02. The van der Waals surface area contributed by atoms with E-state index in [0.29, 0.717) is 5.56 Å². The van der Waals surface area contributed by atoms with Gasteiger partial charge in [-0.05, 0) is 24.1 Å². The van der Waals surface area contributed by atoms with E-state index in [9.17, 15) is 5.11 Å². The zero-order valence-corrected chi connectivity index (χ0v) is 10.1. The van der Waals surface area contributed by atoms with E-state index >= 15 is 0 Å². The predicted octanol–water partition coefficient (Wildman–Crippen LogP) is -0.177. The van der Waals surface area contributed by atoms with Gasteiger partial charge in [0.05, 0.1) is 5.69 Å². The molecule has 0 spiro atoms. The second-order valence-corrected chi connectivity index (χ2v) is 3.58. The molecular weight excluding hydrogens is 205 g/mol. The summed E-state index contributed by atoms with van der Waals surface area (Å²) in [5, 5.41) is 11.4. The van der Waals surface area contributed by atoms with E-state index in [1.54, 1.807) is 24.4 Å². The molecule has 2 nitrogen and oxygen atoms in total. The molecule has 3 heteroatoms. The van der Waals surface area contributed by atoms with E-state index in [1.807, 2.05) is 37.3 Å². The minimum atomic E-state index is -0.000154. The summed E-state index contributed by atoms with van der Waals surface area (Å²) >= 11 is 0. The number of nitrogens with zero attached hydrogens (tertiary/aromatic N) is 1. The Bertz CT molecular complexity index is 476. The van der Waals surface area contributed by atoms with Crippen molar-refractivity contribution in [1.82, 2.24) is 0 Å². The average Bonchev–Trinajstić information content (AvgIpc) is 2.30. The molecule has 0 heterocycles. The van der Waals surface area contributed by atoms with Gasteiger partial charge in [-0.1, -0.05) is 42.5 Å². The minimum Gasteiger partial charge on any atom is -0.872 e. The fraction of sp³-hybridized carbons (Fsp3) is 0.0714. The third-order valence-electron chi connectivity index (χ3n) is 2.38. The molecule has 0 fully saturated rings. The third kappa shape index (κ3) is 3.49. The first-order chi connectivity index (χ1) is 7.77. The first kappa shape index (κ1) is 13.6. The molecule has 2 aromatic carbocycles. The van der Waals surface area contributed by atoms with Crippen LogP contribution in [0, 0.1) is 6.92 Å². The molecule has 0 aromatic heterocycles. The molecule has 0 N–H and O–H groups in total. The van der Waals surface area contributed by atoms with Crippen molar-refractivity contribution in [3.05, 3.63) is 59.7 Å². The largest absolute Gasteiger partial charge is 1.00 e. The Morgan fingerprint density at radius 3 is 2.35 bits per heavy atom. The van der Waals surface area contributed by atoms with Crippen molar-refractivity contribution in [3.63, 3.8) is 0 Å². The van der Waals surface area contributed by atoms with E-state index in [1.165, 1.54) is 0 Å². The van der Waals surface area contributed by atoms with Gasteiger partial charge in [-0.15, -0.1) is 5.75 Å². The molecule has 0 aliphatic rings. The molecule has 2 aromatic rings. The van der Waals surface area contributed by atoms with Gasteiger partial charge in [0.25, 0.3) is 0 Å². The molecule has 0 aliphatic heterocycles. The third-order valence-corrected chi connectivity index (χ3v) is 2.38. The Hall–Kier alpha value is -1.49. The standard InChI is InChI=1S/C14H13NO.Li/c1-11-6-2-4-8-13(11)15-10-12-7-3-5-9-14(12)16;/h2-10,16H,1H3;/q;+1/p-1. The molecule has 0 atom stereocenters. The van der Waals surface area contributed by atoms with Crippen LogP contribution in [0.3, 0.4) is 0 Å². The van der Waals surface area contributed by atoms with Gasteiger partial charge in [0.1, 0.15) is 0 Å². The van der Waals surface area contributed by atoms with Crippen molar-refractivity contribution in [1.29, 1.82) is 0 Å². The smallest absolute Gasteiger partial charge is 0.872 e. The Labute approximate surface area is 113 Å². The zero-order valence-electron chi connectivity index (χ0n) is 10.1. The van der Waals surface area contributed by atoms with Gasteiger partial charge in [0.15, 0.2) is 0 Å². The van der Waals surface area contributed by atoms with E-state index < -0.39 is 0 Å². The zero-order chi connectivity index (χ0) is 11.4. The normalized spacial score (nSPS) is 10.2. The van der Waals surface area contributed by atoms with Crippen molar-refractivity contribution < 1.29 is 24.0 Å². The summed E-state index contributed by atoms with van der Waals surface area (Å²) in [5.41, 5.74) is 2.61. The molecule has 0 aliphatic carbocycles. The van der Waals surface area contributed by atoms with Crippen molar-refractivity contribution in [3.8, 4) is 5.75 Å². The van der Waals surface area contributed by atoms with Crippen LogP contribution in [-0.2, 0) is 0 Å². The van der Waals surface area contributed by atoms with Crippen molar-refractivity contribution in [2.24, 2.45) is 4.99 Å². The summed E-state index contributed by atoms with van der Waals surface area (Å²) in [5.74, 6) is -0.000154. The number of hydrogen-bond acceptors (Lipinski definition) is 2. The average molecular weight is 217 g/mol. The number of hydrogen-bond donors (Lipinski definition) is 0. The van der Waals surface area contributed by atoms with Crippen LogP contribution in [0.4, 0.5) is 5.69 Å².